The fourth-order valence-electron chi connectivity index (χ4n) is 1.85. The smallest absolute Gasteiger partial charge is 0.0353 e. The van der Waals surface area contributed by atoms with Crippen molar-refractivity contribution in [3.8, 4) is 0 Å². The van der Waals surface area contributed by atoms with E-state index < -0.39 is 0 Å². The minimum Gasteiger partial charge on any atom is -0.103 e. The minimum absolute atomic E-state index is 0.941. The van der Waals surface area contributed by atoms with Crippen LogP contribution in [0.1, 0.15) is 71.6 Å². The molecule has 84 valence electrons. The normalized spacial score (nSPS) is 12.7. The van der Waals surface area contributed by atoms with Crippen LogP contribution in [0.25, 0.3) is 0 Å². The number of allylic oxidation sites excluding steroid dienone is 1. The van der Waals surface area contributed by atoms with E-state index in [9.17, 15) is 0 Å². The van der Waals surface area contributed by atoms with Gasteiger partial charge in [0, 0.05) is 0 Å². The third kappa shape index (κ3) is 9.83. The van der Waals surface area contributed by atoms with Crippen LogP contribution in [0, 0.1) is 5.92 Å². The lowest BCUT2D eigenvalue weighted by molar-refractivity contribution is 0.441. The molecule has 0 aromatic rings. The molecule has 0 aliphatic heterocycles. The lowest BCUT2D eigenvalue weighted by Crippen LogP contribution is -1.94. The van der Waals surface area contributed by atoms with Crippen LogP contribution in [0.5, 0.6) is 0 Å². The van der Waals surface area contributed by atoms with Gasteiger partial charge in [-0.2, -0.15) is 0 Å². The van der Waals surface area contributed by atoms with Crippen LogP contribution in [0.4, 0.5) is 0 Å². The Balaban J connectivity index is 3.10. The average molecular weight is 196 g/mol. The molecule has 0 aliphatic rings. The van der Waals surface area contributed by atoms with Gasteiger partial charge in [-0.3, -0.25) is 0 Å². The highest BCUT2D eigenvalue weighted by Crippen LogP contribution is 2.16. The van der Waals surface area contributed by atoms with Crippen molar-refractivity contribution >= 4 is 0 Å². The van der Waals surface area contributed by atoms with E-state index in [0.717, 1.165) is 5.92 Å². The molecule has 0 spiro atoms. The Kier molecular flexibility index (Phi) is 10.6. The summed E-state index contributed by atoms with van der Waals surface area (Å²) in [5, 5.41) is 0. The summed E-state index contributed by atoms with van der Waals surface area (Å²) in [6.45, 7) is 8.43. The summed E-state index contributed by atoms with van der Waals surface area (Å²) < 4.78 is 0. The van der Waals surface area contributed by atoms with Crippen LogP contribution in [-0.4, -0.2) is 0 Å². The van der Waals surface area contributed by atoms with Gasteiger partial charge in [-0.15, -0.1) is 6.58 Å². The first-order valence-corrected chi connectivity index (χ1v) is 6.42. The van der Waals surface area contributed by atoms with Gasteiger partial charge >= 0.3 is 0 Å². The van der Waals surface area contributed by atoms with E-state index in [4.69, 9.17) is 0 Å². The molecule has 1 unspecified atom stereocenters. The summed E-state index contributed by atoms with van der Waals surface area (Å²) in [4.78, 5) is 0. The molecule has 0 radical (unpaired) electrons. The Hall–Kier alpha value is -0.260. The molecule has 0 saturated carbocycles. The van der Waals surface area contributed by atoms with Crippen LogP contribution in [-0.2, 0) is 0 Å². The Morgan fingerprint density at radius 1 is 1.00 bits per heavy atom. The Morgan fingerprint density at radius 2 is 1.64 bits per heavy atom. The highest BCUT2D eigenvalue weighted by atomic mass is 14.1. The first kappa shape index (κ1) is 13.7. The minimum atomic E-state index is 0.941. The molecular formula is C14H28. The second-order valence-corrected chi connectivity index (χ2v) is 4.53. The van der Waals surface area contributed by atoms with Gasteiger partial charge in [0.05, 0.1) is 0 Å². The predicted octanol–water partition coefficient (Wildman–Crippen LogP) is 5.34. The average Bonchev–Trinajstić information content (AvgIpc) is 2.19. The van der Waals surface area contributed by atoms with Crippen molar-refractivity contribution in [2.24, 2.45) is 5.92 Å². The zero-order valence-electron chi connectivity index (χ0n) is 10.2. The molecule has 14 heavy (non-hydrogen) atoms. The number of hydrogen-bond donors (Lipinski definition) is 0. The van der Waals surface area contributed by atoms with Gasteiger partial charge in [-0.1, -0.05) is 64.9 Å². The summed E-state index contributed by atoms with van der Waals surface area (Å²) in [7, 11) is 0. The van der Waals surface area contributed by atoms with Crippen molar-refractivity contribution in [3.05, 3.63) is 12.7 Å². The van der Waals surface area contributed by atoms with E-state index in [1.807, 2.05) is 6.08 Å². The van der Waals surface area contributed by atoms with Gasteiger partial charge in [-0.25, -0.2) is 0 Å². The molecule has 1 atom stereocenters. The van der Waals surface area contributed by atoms with E-state index in [-0.39, 0.29) is 0 Å². The van der Waals surface area contributed by atoms with E-state index in [0.29, 0.717) is 0 Å². The van der Waals surface area contributed by atoms with Crippen molar-refractivity contribution in [2.75, 3.05) is 0 Å². The van der Waals surface area contributed by atoms with Crippen LogP contribution in [0.15, 0.2) is 12.7 Å². The summed E-state index contributed by atoms with van der Waals surface area (Å²) >= 11 is 0. The molecule has 0 heterocycles. The van der Waals surface area contributed by atoms with Gasteiger partial charge in [0.15, 0.2) is 0 Å². The van der Waals surface area contributed by atoms with Crippen molar-refractivity contribution in [1.82, 2.24) is 0 Å². The third-order valence-electron chi connectivity index (χ3n) is 2.91. The second kappa shape index (κ2) is 10.8. The SMILES string of the molecule is C=CCCCCC(C)CCCCCC. The molecular weight excluding hydrogens is 168 g/mol. The van der Waals surface area contributed by atoms with E-state index in [2.05, 4.69) is 20.4 Å². The molecule has 0 aliphatic carbocycles. The fourth-order valence-corrected chi connectivity index (χ4v) is 1.85. The lowest BCUT2D eigenvalue weighted by atomic mass is 9.97. The van der Waals surface area contributed by atoms with Crippen molar-refractivity contribution in [1.29, 1.82) is 0 Å². The summed E-state index contributed by atoms with van der Waals surface area (Å²) in [6, 6.07) is 0. The standard InChI is InChI=1S/C14H28/c1-4-6-8-10-12-14(3)13-11-9-7-5-2/h4,14H,1,5-13H2,2-3H3. The van der Waals surface area contributed by atoms with Gasteiger partial charge < -0.3 is 0 Å². The molecule has 0 heteroatoms. The zero-order chi connectivity index (χ0) is 10.6. The molecule has 0 rings (SSSR count). The van der Waals surface area contributed by atoms with Crippen molar-refractivity contribution < 1.29 is 0 Å². The first-order valence-electron chi connectivity index (χ1n) is 6.42. The maximum Gasteiger partial charge on any atom is -0.0353 e. The summed E-state index contributed by atoms with van der Waals surface area (Å²) in [5.74, 6) is 0.941. The molecule has 0 bridgehead atoms. The summed E-state index contributed by atoms with van der Waals surface area (Å²) in [5.41, 5.74) is 0. The van der Waals surface area contributed by atoms with Gasteiger partial charge in [0.2, 0.25) is 0 Å². The van der Waals surface area contributed by atoms with E-state index >= 15 is 0 Å². The number of unbranched alkanes of at least 4 members (excludes halogenated alkanes) is 5. The monoisotopic (exact) mass is 196 g/mol. The van der Waals surface area contributed by atoms with Gasteiger partial charge in [0.1, 0.15) is 0 Å². The summed E-state index contributed by atoms with van der Waals surface area (Å²) in [6.07, 6.45) is 14.5. The Morgan fingerprint density at radius 3 is 2.21 bits per heavy atom. The molecule has 0 fully saturated rings. The Bertz CT molecular complexity index is 115. The molecule has 0 nitrogen and oxygen atoms in total. The van der Waals surface area contributed by atoms with E-state index in [1.165, 1.54) is 57.8 Å². The number of hydrogen-bond acceptors (Lipinski definition) is 0. The highest BCUT2D eigenvalue weighted by Gasteiger charge is 2.00. The Labute approximate surface area is 90.8 Å². The quantitative estimate of drug-likeness (QED) is 0.327. The highest BCUT2D eigenvalue weighted by molar-refractivity contribution is 4.66. The molecule has 0 N–H and O–H groups in total. The third-order valence-corrected chi connectivity index (χ3v) is 2.91. The first-order chi connectivity index (χ1) is 6.81. The van der Waals surface area contributed by atoms with Crippen LogP contribution in [0.2, 0.25) is 0 Å². The van der Waals surface area contributed by atoms with E-state index in [1.54, 1.807) is 0 Å². The zero-order valence-corrected chi connectivity index (χ0v) is 10.2. The molecule has 0 amide bonds. The molecule has 0 aromatic heterocycles. The van der Waals surface area contributed by atoms with Crippen molar-refractivity contribution in [2.45, 2.75) is 71.6 Å². The largest absolute Gasteiger partial charge is 0.103 e. The topological polar surface area (TPSA) is 0 Å². The van der Waals surface area contributed by atoms with Crippen molar-refractivity contribution in [3.63, 3.8) is 0 Å². The predicted molar refractivity (Wildman–Crippen MR) is 66.6 cm³/mol. The fraction of sp³-hybridized carbons (Fsp3) is 0.857. The van der Waals surface area contributed by atoms with Crippen LogP contribution in [0.3, 0.4) is 0 Å². The maximum atomic E-state index is 3.75. The van der Waals surface area contributed by atoms with Crippen LogP contribution < -0.4 is 0 Å². The maximum absolute atomic E-state index is 3.75. The molecule has 0 saturated heterocycles. The lowest BCUT2D eigenvalue weighted by Gasteiger charge is -2.10. The number of rotatable bonds is 10. The molecule has 0 aromatic carbocycles. The van der Waals surface area contributed by atoms with Crippen LogP contribution >= 0.6 is 0 Å². The second-order valence-electron chi connectivity index (χ2n) is 4.53. The van der Waals surface area contributed by atoms with Gasteiger partial charge in [0.25, 0.3) is 0 Å². The van der Waals surface area contributed by atoms with Gasteiger partial charge in [-0.05, 0) is 18.8 Å².